The van der Waals surface area contributed by atoms with Crippen LogP contribution in [0.3, 0.4) is 0 Å². The van der Waals surface area contributed by atoms with E-state index in [2.05, 4.69) is 15.8 Å². The Morgan fingerprint density at radius 2 is 1.58 bits per heavy atom. The molecule has 2 aromatic rings. The van der Waals surface area contributed by atoms with Gasteiger partial charge in [-0.1, -0.05) is 36.4 Å². The lowest BCUT2D eigenvalue weighted by Crippen LogP contribution is -2.22. The number of carboxylic acids is 1. The summed E-state index contributed by atoms with van der Waals surface area (Å²) in [5, 5.41) is 16.2. The summed E-state index contributed by atoms with van der Waals surface area (Å²) in [6, 6.07) is 17.8. The van der Waals surface area contributed by atoms with Gasteiger partial charge >= 0.3 is 5.97 Å². The molecule has 7 nitrogen and oxygen atoms in total. The molecular formula is C19H17N3O4. The summed E-state index contributed by atoms with van der Waals surface area (Å²) in [6.07, 6.45) is 0.291. The summed E-state index contributed by atoms with van der Waals surface area (Å²) < 4.78 is 5.38. The zero-order valence-electron chi connectivity index (χ0n) is 13.8. The number of anilines is 2. The van der Waals surface area contributed by atoms with Crippen LogP contribution < -0.4 is 10.7 Å². The number of rotatable bonds is 6. The molecule has 0 aromatic heterocycles. The molecule has 0 atom stereocenters. The van der Waals surface area contributed by atoms with Gasteiger partial charge in [0.1, 0.15) is 0 Å². The van der Waals surface area contributed by atoms with Crippen molar-refractivity contribution < 1.29 is 19.4 Å². The number of carboxylic acid groups (broad SMARTS) is 1. The molecule has 0 saturated carbocycles. The maximum Gasteiger partial charge on any atom is 0.356 e. The summed E-state index contributed by atoms with van der Waals surface area (Å²) in [4.78, 5) is 24.1. The van der Waals surface area contributed by atoms with Gasteiger partial charge in [-0.2, -0.15) is 5.10 Å². The van der Waals surface area contributed by atoms with E-state index >= 15 is 0 Å². The zero-order valence-corrected chi connectivity index (χ0v) is 13.8. The molecule has 0 bridgehead atoms. The second-order valence-electron chi connectivity index (χ2n) is 5.47. The minimum Gasteiger partial charge on any atom is -0.487 e. The molecule has 0 saturated heterocycles. The maximum absolute atomic E-state index is 12.5. The monoisotopic (exact) mass is 351 g/mol. The maximum atomic E-state index is 12.5. The number of carbonyl (C=O) groups is 2. The first-order chi connectivity index (χ1) is 12.6. The number of nitrogens with zero attached hydrogens (tertiary/aromatic N) is 1. The van der Waals surface area contributed by atoms with Gasteiger partial charge in [0.15, 0.2) is 11.5 Å². The lowest BCUT2D eigenvalue weighted by molar-refractivity contribution is -0.129. The lowest BCUT2D eigenvalue weighted by Gasteiger charge is -2.08. The fourth-order valence-electron chi connectivity index (χ4n) is 2.47. The van der Waals surface area contributed by atoms with Crippen molar-refractivity contribution >= 4 is 29.0 Å². The van der Waals surface area contributed by atoms with E-state index in [1.807, 2.05) is 12.1 Å². The highest BCUT2D eigenvalue weighted by atomic mass is 16.5. The predicted molar refractivity (Wildman–Crippen MR) is 97.8 cm³/mol. The van der Waals surface area contributed by atoms with E-state index in [-0.39, 0.29) is 23.7 Å². The van der Waals surface area contributed by atoms with E-state index in [4.69, 9.17) is 4.74 Å². The van der Waals surface area contributed by atoms with Crippen molar-refractivity contribution in [2.45, 2.75) is 6.42 Å². The van der Waals surface area contributed by atoms with Gasteiger partial charge < -0.3 is 15.2 Å². The van der Waals surface area contributed by atoms with Crippen LogP contribution in [-0.4, -0.2) is 29.3 Å². The average Bonchev–Trinajstić information content (AvgIpc) is 3.13. The minimum absolute atomic E-state index is 0.0233. The molecule has 1 aliphatic heterocycles. The Kier molecular flexibility index (Phi) is 5.28. The van der Waals surface area contributed by atoms with Crippen LogP contribution in [0.4, 0.5) is 11.4 Å². The number of hydrazone groups is 1. The number of carbonyl (C=O) groups excluding carboxylic acids is 1. The normalized spacial score (nSPS) is 13.9. The molecule has 7 heteroatoms. The second-order valence-corrected chi connectivity index (χ2v) is 5.47. The summed E-state index contributed by atoms with van der Waals surface area (Å²) in [5.74, 6) is -1.76. The van der Waals surface area contributed by atoms with Crippen LogP contribution in [0.2, 0.25) is 0 Å². The number of nitrogens with one attached hydrogen (secondary N) is 2. The van der Waals surface area contributed by atoms with Gasteiger partial charge in [0, 0.05) is 17.7 Å². The molecule has 3 N–H and O–H groups in total. The minimum atomic E-state index is -1.24. The molecule has 0 aliphatic carbocycles. The van der Waals surface area contributed by atoms with Gasteiger partial charge in [-0.05, 0) is 24.3 Å². The largest absolute Gasteiger partial charge is 0.487 e. The number of amides is 1. The van der Waals surface area contributed by atoms with E-state index in [1.165, 1.54) is 0 Å². The molecule has 132 valence electrons. The fourth-order valence-corrected chi connectivity index (χ4v) is 2.47. The highest BCUT2D eigenvalue weighted by Crippen LogP contribution is 2.23. The van der Waals surface area contributed by atoms with Gasteiger partial charge in [0.05, 0.1) is 12.3 Å². The molecule has 2 aromatic carbocycles. The van der Waals surface area contributed by atoms with Crippen LogP contribution in [0.15, 0.2) is 77.1 Å². The van der Waals surface area contributed by atoms with Crippen LogP contribution >= 0.6 is 0 Å². The number of para-hydroxylation sites is 2. The predicted octanol–water partition coefficient (Wildman–Crippen LogP) is 2.85. The number of hydrogen-bond acceptors (Lipinski definition) is 5. The molecule has 1 aliphatic rings. The second kappa shape index (κ2) is 7.98. The first kappa shape index (κ1) is 17.2. The summed E-state index contributed by atoms with van der Waals surface area (Å²) in [7, 11) is 0. The third kappa shape index (κ3) is 4.07. The Morgan fingerprint density at radius 1 is 0.962 bits per heavy atom. The Labute approximate surface area is 150 Å². The summed E-state index contributed by atoms with van der Waals surface area (Å²) in [6.45, 7) is 0.227. The Morgan fingerprint density at radius 3 is 2.19 bits per heavy atom. The lowest BCUT2D eigenvalue weighted by atomic mass is 10.1. The molecule has 0 unspecified atom stereocenters. The van der Waals surface area contributed by atoms with Gasteiger partial charge in [0.2, 0.25) is 0 Å². The standard InChI is InChI=1S/C19H17N3O4/c23-18(20-13-7-3-1-4-8-13)17-15(11-12-26-17)16(19(24)25)22-21-14-9-5-2-6-10-14/h1-10,21H,11-12H2,(H,20,23)(H,24,25). The Hall–Kier alpha value is -3.61. The van der Waals surface area contributed by atoms with E-state index < -0.39 is 11.9 Å². The summed E-state index contributed by atoms with van der Waals surface area (Å²) in [5.41, 5.74) is 3.94. The first-order valence-electron chi connectivity index (χ1n) is 8.00. The van der Waals surface area contributed by atoms with E-state index in [9.17, 15) is 14.7 Å². The van der Waals surface area contributed by atoms with Crippen molar-refractivity contribution in [1.29, 1.82) is 0 Å². The molecule has 1 heterocycles. The quantitative estimate of drug-likeness (QED) is 0.549. The summed E-state index contributed by atoms with van der Waals surface area (Å²) >= 11 is 0. The van der Waals surface area contributed by atoms with Crippen LogP contribution in [0.1, 0.15) is 6.42 Å². The van der Waals surface area contributed by atoms with Gasteiger partial charge in [-0.3, -0.25) is 10.2 Å². The van der Waals surface area contributed by atoms with Crippen LogP contribution in [0, 0.1) is 0 Å². The van der Waals surface area contributed by atoms with E-state index in [0.29, 0.717) is 17.8 Å². The van der Waals surface area contributed by atoms with E-state index in [1.54, 1.807) is 48.5 Å². The third-order valence-electron chi connectivity index (χ3n) is 3.67. The van der Waals surface area contributed by atoms with Gasteiger partial charge in [-0.15, -0.1) is 0 Å². The third-order valence-corrected chi connectivity index (χ3v) is 3.67. The van der Waals surface area contributed by atoms with Crippen LogP contribution in [0.25, 0.3) is 0 Å². The topological polar surface area (TPSA) is 100 Å². The van der Waals surface area contributed by atoms with E-state index in [0.717, 1.165) is 0 Å². The van der Waals surface area contributed by atoms with Crippen molar-refractivity contribution in [1.82, 2.24) is 0 Å². The van der Waals surface area contributed by atoms with Crippen molar-refractivity contribution in [2.24, 2.45) is 5.10 Å². The van der Waals surface area contributed by atoms with Crippen molar-refractivity contribution in [2.75, 3.05) is 17.3 Å². The number of aliphatic carboxylic acids is 1. The molecule has 0 radical (unpaired) electrons. The fraction of sp³-hybridized carbons (Fsp3) is 0.105. The molecule has 3 rings (SSSR count). The molecular weight excluding hydrogens is 334 g/mol. The number of benzene rings is 2. The van der Waals surface area contributed by atoms with Crippen molar-refractivity contribution in [3.05, 3.63) is 72.0 Å². The number of ether oxygens (including phenoxy) is 1. The van der Waals surface area contributed by atoms with Crippen molar-refractivity contribution in [3.63, 3.8) is 0 Å². The molecule has 0 spiro atoms. The SMILES string of the molecule is O=C(O)C(=NNc1ccccc1)C1=C(C(=O)Nc2ccccc2)OCC1. The van der Waals surface area contributed by atoms with Gasteiger partial charge in [0.25, 0.3) is 5.91 Å². The molecule has 0 fully saturated rings. The van der Waals surface area contributed by atoms with Crippen LogP contribution in [0.5, 0.6) is 0 Å². The Balaban J connectivity index is 1.85. The average molecular weight is 351 g/mol. The number of hydrogen-bond donors (Lipinski definition) is 3. The molecule has 1 amide bonds. The van der Waals surface area contributed by atoms with Crippen molar-refractivity contribution in [3.8, 4) is 0 Å². The van der Waals surface area contributed by atoms with Gasteiger partial charge in [-0.25, -0.2) is 4.79 Å². The molecule has 26 heavy (non-hydrogen) atoms. The smallest absolute Gasteiger partial charge is 0.356 e. The van der Waals surface area contributed by atoms with Crippen LogP contribution in [-0.2, 0) is 14.3 Å². The Bertz CT molecular complexity index is 861. The highest BCUT2D eigenvalue weighted by molar-refractivity contribution is 6.43. The first-order valence-corrected chi connectivity index (χ1v) is 8.00. The zero-order chi connectivity index (χ0) is 18.4. The highest BCUT2D eigenvalue weighted by Gasteiger charge is 2.30.